The number of hydrogen-bond donors (Lipinski definition) is 2. The molecule has 0 rings (SSSR count). The molecule has 0 saturated heterocycles. The van der Waals surface area contributed by atoms with Gasteiger partial charge < -0.3 is 10.1 Å². The molecule has 14 heavy (non-hydrogen) atoms. The van der Waals surface area contributed by atoms with Crippen LogP contribution in [-0.2, 0) is 9.62 Å². The van der Waals surface area contributed by atoms with E-state index in [2.05, 4.69) is 10.2 Å². The van der Waals surface area contributed by atoms with Gasteiger partial charge in [0.25, 0.3) is 0 Å². The van der Waals surface area contributed by atoms with E-state index in [0.29, 0.717) is 13.0 Å². The maximum Gasteiger partial charge on any atom is 0.407 e. The minimum absolute atomic E-state index is 0.288. The molecule has 5 heteroatoms. The summed E-state index contributed by atoms with van der Waals surface area (Å²) in [6, 6.07) is 0. The molecule has 2 N–H and O–H groups in total. The molecule has 0 atom stereocenters. The fraction of sp³-hybridized carbons (Fsp3) is 0.889. The molecule has 0 aliphatic heterocycles. The third-order valence-corrected chi connectivity index (χ3v) is 1.33. The number of carbonyl (C=O) groups is 1. The van der Waals surface area contributed by atoms with Crippen molar-refractivity contribution >= 4 is 6.09 Å². The summed E-state index contributed by atoms with van der Waals surface area (Å²) in [5.74, 6) is 0. The van der Waals surface area contributed by atoms with Crippen molar-refractivity contribution in [1.82, 2.24) is 5.32 Å². The Hall–Kier alpha value is -0.810. The maximum atomic E-state index is 11.1. The molecule has 84 valence electrons. The van der Waals surface area contributed by atoms with E-state index in [-0.39, 0.29) is 6.61 Å². The first-order valence-corrected chi connectivity index (χ1v) is 4.69. The molecular formula is C9H19NO4. The van der Waals surface area contributed by atoms with E-state index < -0.39 is 11.7 Å². The minimum atomic E-state index is -0.460. The molecule has 0 fully saturated rings. The average Bonchev–Trinajstić information content (AvgIpc) is 2.00. The zero-order valence-electron chi connectivity index (χ0n) is 9.00. The second-order valence-corrected chi connectivity index (χ2v) is 3.97. The topological polar surface area (TPSA) is 67.8 Å². The van der Waals surface area contributed by atoms with E-state index in [1.165, 1.54) is 0 Å². The summed E-state index contributed by atoms with van der Waals surface area (Å²) in [5.41, 5.74) is -0.460. The Bertz CT molecular complexity index is 165. The second kappa shape index (κ2) is 6.62. The molecule has 5 nitrogen and oxygen atoms in total. The van der Waals surface area contributed by atoms with Crippen LogP contribution in [0.25, 0.3) is 0 Å². The Balaban J connectivity index is 3.36. The highest BCUT2D eigenvalue weighted by atomic mass is 17.1. The number of unbranched alkanes of at least 4 members (excludes halogenated alkanes) is 1. The van der Waals surface area contributed by atoms with E-state index in [9.17, 15) is 4.79 Å². The highest BCUT2D eigenvalue weighted by Gasteiger charge is 2.15. The molecule has 0 aliphatic rings. The van der Waals surface area contributed by atoms with E-state index in [4.69, 9.17) is 9.99 Å². The lowest BCUT2D eigenvalue weighted by atomic mass is 10.2. The van der Waals surface area contributed by atoms with Gasteiger partial charge in [-0.1, -0.05) is 0 Å². The van der Waals surface area contributed by atoms with Gasteiger partial charge >= 0.3 is 6.09 Å². The summed E-state index contributed by atoms with van der Waals surface area (Å²) < 4.78 is 5.01. The van der Waals surface area contributed by atoms with Gasteiger partial charge in [0.1, 0.15) is 5.60 Å². The third kappa shape index (κ3) is 9.28. The van der Waals surface area contributed by atoms with E-state index in [1.54, 1.807) is 0 Å². The lowest BCUT2D eigenvalue weighted by molar-refractivity contribution is -0.242. The van der Waals surface area contributed by atoms with Crippen LogP contribution in [0.4, 0.5) is 4.79 Å². The predicted octanol–water partition coefficient (Wildman–Crippen LogP) is 1.78. The fourth-order valence-electron chi connectivity index (χ4n) is 0.796. The number of carbonyl (C=O) groups excluding carboxylic acids is 1. The van der Waals surface area contributed by atoms with Gasteiger partial charge in [0, 0.05) is 6.54 Å². The zero-order valence-corrected chi connectivity index (χ0v) is 9.00. The number of amides is 1. The standard InChI is InChI=1S/C9H19NO4/c1-9(2,3)14-8(11)10-6-4-5-7-13-12/h12H,4-7H2,1-3H3,(H,10,11). The molecule has 0 unspecified atom stereocenters. The van der Waals surface area contributed by atoms with Crippen molar-refractivity contribution < 1.29 is 19.7 Å². The van der Waals surface area contributed by atoms with Crippen molar-refractivity contribution in [2.75, 3.05) is 13.2 Å². The first kappa shape index (κ1) is 13.2. The SMILES string of the molecule is CC(C)(C)OC(=O)NCCCCOO. The minimum Gasteiger partial charge on any atom is -0.444 e. The summed E-state index contributed by atoms with van der Waals surface area (Å²) >= 11 is 0. The molecule has 0 heterocycles. The molecule has 0 bridgehead atoms. The maximum absolute atomic E-state index is 11.1. The van der Waals surface area contributed by atoms with Gasteiger partial charge in [-0.3, -0.25) is 5.26 Å². The summed E-state index contributed by atoms with van der Waals surface area (Å²) in [6.07, 6.45) is 1.04. The zero-order chi connectivity index (χ0) is 11.0. The smallest absolute Gasteiger partial charge is 0.407 e. The Morgan fingerprint density at radius 3 is 2.50 bits per heavy atom. The van der Waals surface area contributed by atoms with Crippen LogP contribution in [0, 0.1) is 0 Å². The fourth-order valence-corrected chi connectivity index (χ4v) is 0.796. The van der Waals surface area contributed by atoms with Crippen molar-refractivity contribution in [2.24, 2.45) is 0 Å². The van der Waals surface area contributed by atoms with Crippen LogP contribution in [0.1, 0.15) is 33.6 Å². The van der Waals surface area contributed by atoms with Crippen LogP contribution >= 0.6 is 0 Å². The lowest BCUT2D eigenvalue weighted by Gasteiger charge is -2.19. The molecule has 0 spiro atoms. The van der Waals surface area contributed by atoms with Gasteiger partial charge in [0.15, 0.2) is 0 Å². The monoisotopic (exact) mass is 205 g/mol. The van der Waals surface area contributed by atoms with Crippen LogP contribution in [0.15, 0.2) is 0 Å². The lowest BCUT2D eigenvalue weighted by Crippen LogP contribution is -2.33. The van der Waals surface area contributed by atoms with Crippen molar-refractivity contribution in [2.45, 2.75) is 39.2 Å². The van der Waals surface area contributed by atoms with E-state index in [0.717, 1.165) is 6.42 Å². The first-order chi connectivity index (χ1) is 6.45. The van der Waals surface area contributed by atoms with Gasteiger partial charge in [0.2, 0.25) is 0 Å². The van der Waals surface area contributed by atoms with Crippen LogP contribution in [0.2, 0.25) is 0 Å². The van der Waals surface area contributed by atoms with Crippen molar-refractivity contribution in [3.63, 3.8) is 0 Å². The number of ether oxygens (including phenoxy) is 1. The van der Waals surface area contributed by atoms with E-state index >= 15 is 0 Å². The second-order valence-electron chi connectivity index (χ2n) is 3.97. The van der Waals surface area contributed by atoms with Crippen LogP contribution in [-0.4, -0.2) is 30.1 Å². The van der Waals surface area contributed by atoms with E-state index in [1.807, 2.05) is 20.8 Å². The number of nitrogens with one attached hydrogen (secondary N) is 1. The first-order valence-electron chi connectivity index (χ1n) is 4.69. The van der Waals surface area contributed by atoms with Crippen LogP contribution in [0.5, 0.6) is 0 Å². The van der Waals surface area contributed by atoms with Gasteiger partial charge in [-0.2, -0.15) is 0 Å². The normalized spacial score (nSPS) is 11.1. The summed E-state index contributed by atoms with van der Waals surface area (Å²) in [7, 11) is 0. The Morgan fingerprint density at radius 1 is 1.36 bits per heavy atom. The van der Waals surface area contributed by atoms with Gasteiger partial charge in [-0.25, -0.2) is 9.68 Å². The quantitative estimate of drug-likeness (QED) is 0.408. The average molecular weight is 205 g/mol. The van der Waals surface area contributed by atoms with Crippen molar-refractivity contribution in [3.8, 4) is 0 Å². The molecule has 0 saturated carbocycles. The third-order valence-electron chi connectivity index (χ3n) is 1.33. The van der Waals surface area contributed by atoms with Gasteiger partial charge in [-0.15, -0.1) is 0 Å². The molecule has 0 aliphatic carbocycles. The van der Waals surface area contributed by atoms with Crippen molar-refractivity contribution in [3.05, 3.63) is 0 Å². The molecule has 0 aromatic heterocycles. The number of alkyl carbamates (subject to hydrolysis) is 1. The molecule has 0 radical (unpaired) electrons. The molecule has 0 aromatic carbocycles. The number of rotatable bonds is 5. The summed E-state index contributed by atoms with van der Waals surface area (Å²) in [6.45, 7) is 6.25. The van der Waals surface area contributed by atoms with Gasteiger partial charge in [0.05, 0.1) is 6.61 Å². The van der Waals surface area contributed by atoms with Crippen molar-refractivity contribution in [1.29, 1.82) is 0 Å². The molecular weight excluding hydrogens is 186 g/mol. The van der Waals surface area contributed by atoms with Crippen LogP contribution < -0.4 is 5.32 Å². The molecule has 0 aromatic rings. The predicted molar refractivity (Wildman–Crippen MR) is 52.1 cm³/mol. The Kier molecular flexibility index (Phi) is 6.23. The van der Waals surface area contributed by atoms with Gasteiger partial charge in [-0.05, 0) is 33.6 Å². The Labute approximate surface area is 84.3 Å². The summed E-state index contributed by atoms with van der Waals surface area (Å²) in [4.78, 5) is 15.0. The number of hydrogen-bond acceptors (Lipinski definition) is 4. The Morgan fingerprint density at radius 2 is 2.00 bits per heavy atom. The molecule has 1 amide bonds. The highest BCUT2D eigenvalue weighted by Crippen LogP contribution is 2.06. The summed E-state index contributed by atoms with van der Waals surface area (Å²) in [5, 5.41) is 10.6. The van der Waals surface area contributed by atoms with Crippen LogP contribution in [0.3, 0.4) is 0 Å². The largest absolute Gasteiger partial charge is 0.444 e. The highest BCUT2D eigenvalue weighted by molar-refractivity contribution is 5.67.